The highest BCUT2D eigenvalue weighted by Crippen LogP contribution is 2.21. The largest absolute Gasteiger partial charge is 0.472 e. The SMILES string of the molecule is Cn1cc(NN=C2OCC=CC2=Cc2ccccc2Cl)cn1. The van der Waals surface area contributed by atoms with Crippen LogP contribution in [0.15, 0.2) is 59.5 Å². The first kappa shape index (κ1) is 14.4. The lowest BCUT2D eigenvalue weighted by Crippen LogP contribution is -2.13. The summed E-state index contributed by atoms with van der Waals surface area (Å²) in [6.07, 6.45) is 9.38. The Hall–Kier alpha value is -2.53. The van der Waals surface area contributed by atoms with Crippen LogP contribution in [0.4, 0.5) is 5.69 Å². The summed E-state index contributed by atoms with van der Waals surface area (Å²) in [7, 11) is 1.85. The van der Waals surface area contributed by atoms with Crippen LogP contribution in [0, 0.1) is 0 Å². The van der Waals surface area contributed by atoms with E-state index < -0.39 is 0 Å². The number of rotatable bonds is 3. The first-order valence-electron chi connectivity index (χ1n) is 6.80. The number of benzene rings is 1. The zero-order chi connectivity index (χ0) is 15.4. The van der Waals surface area contributed by atoms with Gasteiger partial charge in [0.25, 0.3) is 0 Å². The molecule has 1 aromatic heterocycles. The molecule has 0 amide bonds. The summed E-state index contributed by atoms with van der Waals surface area (Å²) in [5, 5.41) is 9.07. The van der Waals surface area contributed by atoms with Crippen LogP contribution < -0.4 is 5.43 Å². The first-order chi connectivity index (χ1) is 10.7. The number of ether oxygens (including phenoxy) is 1. The Morgan fingerprint density at radius 2 is 2.27 bits per heavy atom. The van der Waals surface area contributed by atoms with E-state index in [0.29, 0.717) is 17.5 Å². The summed E-state index contributed by atoms with van der Waals surface area (Å²) >= 11 is 6.19. The molecule has 6 heteroatoms. The van der Waals surface area contributed by atoms with Crippen molar-refractivity contribution in [3.63, 3.8) is 0 Å². The minimum atomic E-state index is 0.493. The molecule has 22 heavy (non-hydrogen) atoms. The van der Waals surface area contributed by atoms with Crippen LogP contribution in [-0.2, 0) is 11.8 Å². The molecule has 1 N–H and O–H groups in total. The van der Waals surface area contributed by atoms with Gasteiger partial charge in [-0.05, 0) is 23.8 Å². The smallest absolute Gasteiger partial charge is 0.238 e. The van der Waals surface area contributed by atoms with E-state index in [4.69, 9.17) is 16.3 Å². The monoisotopic (exact) mass is 314 g/mol. The molecule has 1 aliphatic heterocycles. The van der Waals surface area contributed by atoms with Crippen molar-refractivity contribution < 1.29 is 4.74 Å². The second kappa shape index (κ2) is 6.49. The number of anilines is 1. The third-order valence-electron chi connectivity index (χ3n) is 3.07. The molecule has 2 heterocycles. The van der Waals surface area contributed by atoms with Gasteiger partial charge < -0.3 is 4.74 Å². The van der Waals surface area contributed by atoms with E-state index in [-0.39, 0.29) is 0 Å². The van der Waals surface area contributed by atoms with Gasteiger partial charge in [-0.3, -0.25) is 10.1 Å². The van der Waals surface area contributed by atoms with E-state index in [1.54, 1.807) is 10.9 Å². The summed E-state index contributed by atoms with van der Waals surface area (Å²) in [4.78, 5) is 0. The average molecular weight is 315 g/mol. The molecule has 0 bridgehead atoms. The standard InChI is InChI=1S/C16H15ClN4O/c1-21-11-14(10-18-21)19-20-16-13(6-4-8-22-16)9-12-5-2-3-7-15(12)17/h2-7,9-11,19H,8H2,1H3. The number of hydrazone groups is 1. The van der Waals surface area contributed by atoms with Crippen molar-refractivity contribution in [2.45, 2.75) is 0 Å². The van der Waals surface area contributed by atoms with Crippen molar-refractivity contribution >= 4 is 29.3 Å². The van der Waals surface area contributed by atoms with Gasteiger partial charge in [0.1, 0.15) is 6.61 Å². The van der Waals surface area contributed by atoms with E-state index in [1.165, 1.54) is 0 Å². The lowest BCUT2D eigenvalue weighted by molar-refractivity contribution is 0.346. The fraction of sp³-hybridized carbons (Fsp3) is 0.125. The quantitative estimate of drug-likeness (QED) is 0.883. The summed E-state index contributed by atoms with van der Waals surface area (Å²) in [5.74, 6) is 0.520. The normalized spacial score (nSPS) is 17.7. The molecule has 0 fully saturated rings. The Balaban J connectivity index is 1.86. The van der Waals surface area contributed by atoms with E-state index in [9.17, 15) is 0 Å². The van der Waals surface area contributed by atoms with Crippen LogP contribution in [-0.4, -0.2) is 22.3 Å². The van der Waals surface area contributed by atoms with Crippen LogP contribution in [0.25, 0.3) is 6.08 Å². The van der Waals surface area contributed by atoms with Gasteiger partial charge in [0.2, 0.25) is 5.90 Å². The Kier molecular flexibility index (Phi) is 4.25. The van der Waals surface area contributed by atoms with Gasteiger partial charge in [0, 0.05) is 23.8 Å². The molecule has 0 unspecified atom stereocenters. The van der Waals surface area contributed by atoms with Crippen LogP contribution in [0.1, 0.15) is 5.56 Å². The van der Waals surface area contributed by atoms with E-state index in [0.717, 1.165) is 16.8 Å². The van der Waals surface area contributed by atoms with Gasteiger partial charge in [0.05, 0.1) is 11.9 Å². The minimum absolute atomic E-state index is 0.493. The molecular weight excluding hydrogens is 300 g/mol. The van der Waals surface area contributed by atoms with E-state index >= 15 is 0 Å². The molecular formula is C16H15ClN4O. The third kappa shape index (κ3) is 3.38. The van der Waals surface area contributed by atoms with Crippen molar-refractivity contribution in [2.75, 3.05) is 12.0 Å². The predicted octanol–water partition coefficient (Wildman–Crippen LogP) is 3.47. The number of aryl methyl sites for hydroxylation is 1. The maximum Gasteiger partial charge on any atom is 0.238 e. The molecule has 1 aliphatic rings. The Labute approximate surface area is 133 Å². The average Bonchev–Trinajstić information content (AvgIpc) is 2.94. The van der Waals surface area contributed by atoms with Crippen LogP contribution in [0.3, 0.4) is 0 Å². The Morgan fingerprint density at radius 1 is 1.41 bits per heavy atom. The molecule has 0 spiro atoms. The second-order valence-electron chi connectivity index (χ2n) is 4.77. The van der Waals surface area contributed by atoms with E-state index in [2.05, 4.69) is 15.6 Å². The number of halogens is 1. The van der Waals surface area contributed by atoms with Crippen LogP contribution >= 0.6 is 11.6 Å². The number of nitrogens with zero attached hydrogens (tertiary/aromatic N) is 3. The fourth-order valence-electron chi connectivity index (χ4n) is 2.02. The molecule has 0 radical (unpaired) electrons. The highest BCUT2D eigenvalue weighted by molar-refractivity contribution is 6.32. The lowest BCUT2D eigenvalue weighted by Gasteiger charge is -2.13. The summed E-state index contributed by atoms with van der Waals surface area (Å²) < 4.78 is 7.29. The van der Waals surface area contributed by atoms with Crippen molar-refractivity contribution in [3.8, 4) is 0 Å². The molecule has 1 aromatic carbocycles. The van der Waals surface area contributed by atoms with Crippen molar-refractivity contribution in [3.05, 3.63) is 65.0 Å². The third-order valence-corrected chi connectivity index (χ3v) is 3.41. The molecule has 0 saturated carbocycles. The number of hydrogen-bond donors (Lipinski definition) is 1. The van der Waals surface area contributed by atoms with Crippen molar-refractivity contribution in [1.29, 1.82) is 0 Å². The van der Waals surface area contributed by atoms with Gasteiger partial charge in [-0.1, -0.05) is 35.9 Å². The van der Waals surface area contributed by atoms with Gasteiger partial charge >= 0.3 is 0 Å². The minimum Gasteiger partial charge on any atom is -0.472 e. The molecule has 0 saturated heterocycles. The highest BCUT2D eigenvalue weighted by atomic mass is 35.5. The maximum absolute atomic E-state index is 6.19. The van der Waals surface area contributed by atoms with Crippen molar-refractivity contribution in [2.24, 2.45) is 12.1 Å². The Bertz CT molecular complexity index is 761. The summed E-state index contributed by atoms with van der Waals surface area (Å²) in [6.45, 7) is 0.493. The van der Waals surface area contributed by atoms with Crippen molar-refractivity contribution in [1.82, 2.24) is 9.78 Å². The summed E-state index contributed by atoms with van der Waals surface area (Å²) in [5.41, 5.74) is 5.51. The Morgan fingerprint density at radius 3 is 3.05 bits per heavy atom. The summed E-state index contributed by atoms with van der Waals surface area (Å²) in [6, 6.07) is 7.64. The lowest BCUT2D eigenvalue weighted by atomic mass is 10.1. The fourth-order valence-corrected chi connectivity index (χ4v) is 2.21. The maximum atomic E-state index is 6.19. The second-order valence-corrected chi connectivity index (χ2v) is 5.17. The van der Waals surface area contributed by atoms with Crippen LogP contribution in [0.5, 0.6) is 0 Å². The van der Waals surface area contributed by atoms with Gasteiger partial charge in [-0.2, -0.15) is 5.10 Å². The van der Waals surface area contributed by atoms with Gasteiger partial charge in [-0.25, -0.2) is 0 Å². The van der Waals surface area contributed by atoms with E-state index in [1.807, 2.05) is 55.7 Å². The van der Waals surface area contributed by atoms with Crippen LogP contribution in [0.2, 0.25) is 5.02 Å². The molecule has 0 atom stereocenters. The number of aromatic nitrogens is 2. The zero-order valence-corrected chi connectivity index (χ0v) is 12.8. The highest BCUT2D eigenvalue weighted by Gasteiger charge is 2.11. The number of hydrogen-bond acceptors (Lipinski definition) is 4. The topological polar surface area (TPSA) is 51.4 Å². The molecule has 112 valence electrons. The molecule has 2 aromatic rings. The molecule has 5 nitrogen and oxygen atoms in total. The van der Waals surface area contributed by atoms with Gasteiger partial charge in [0.15, 0.2) is 0 Å². The molecule has 0 aliphatic carbocycles. The first-order valence-corrected chi connectivity index (χ1v) is 7.18. The van der Waals surface area contributed by atoms with Gasteiger partial charge in [-0.15, -0.1) is 5.10 Å². The molecule has 3 rings (SSSR count). The zero-order valence-electron chi connectivity index (χ0n) is 12.0. The number of nitrogens with one attached hydrogen (secondary N) is 1. The predicted molar refractivity (Wildman–Crippen MR) is 88.8 cm³/mol.